The van der Waals surface area contributed by atoms with Crippen LogP contribution in [0.3, 0.4) is 0 Å². The molecule has 138 valence electrons. The number of hydrogen-bond acceptors (Lipinski definition) is 5. The first-order chi connectivity index (χ1) is 12.5. The molecule has 1 heterocycles. The molecule has 2 N–H and O–H groups in total. The second kappa shape index (κ2) is 7.76. The molecule has 7 nitrogen and oxygen atoms in total. The average molecular weight is 376 g/mol. The quantitative estimate of drug-likeness (QED) is 0.771. The number of rotatable bonds is 7. The summed E-state index contributed by atoms with van der Waals surface area (Å²) in [6.07, 6.45) is 0.806. The SMILES string of the molecule is CCCNC(=O)c1cccc(S(=O)(=O)NCc2ccc3c(c2)OCO3)c1. The van der Waals surface area contributed by atoms with Gasteiger partial charge in [-0.2, -0.15) is 0 Å². The molecule has 0 saturated carbocycles. The van der Waals surface area contributed by atoms with Crippen LogP contribution >= 0.6 is 0 Å². The molecule has 2 aromatic carbocycles. The topological polar surface area (TPSA) is 93.7 Å². The van der Waals surface area contributed by atoms with Crippen molar-refractivity contribution < 1.29 is 22.7 Å². The van der Waals surface area contributed by atoms with E-state index in [0.717, 1.165) is 12.0 Å². The van der Waals surface area contributed by atoms with Gasteiger partial charge in [-0.15, -0.1) is 0 Å². The Hall–Kier alpha value is -2.58. The molecule has 0 atom stereocenters. The number of nitrogens with one attached hydrogen (secondary N) is 2. The van der Waals surface area contributed by atoms with E-state index in [-0.39, 0.29) is 24.1 Å². The van der Waals surface area contributed by atoms with Crippen molar-refractivity contribution in [3.05, 3.63) is 53.6 Å². The lowest BCUT2D eigenvalue weighted by Crippen LogP contribution is -2.26. The number of carbonyl (C=O) groups excluding carboxylic acids is 1. The Balaban J connectivity index is 1.71. The molecular formula is C18H20N2O5S. The Labute approximate surface area is 152 Å². The van der Waals surface area contributed by atoms with Crippen LogP contribution in [0.1, 0.15) is 29.3 Å². The van der Waals surface area contributed by atoms with E-state index in [2.05, 4.69) is 10.0 Å². The molecule has 0 radical (unpaired) electrons. The fourth-order valence-electron chi connectivity index (χ4n) is 2.46. The molecule has 2 aromatic rings. The van der Waals surface area contributed by atoms with Crippen molar-refractivity contribution >= 4 is 15.9 Å². The third-order valence-electron chi connectivity index (χ3n) is 3.85. The largest absolute Gasteiger partial charge is 0.454 e. The molecule has 0 saturated heterocycles. The molecule has 3 rings (SSSR count). The van der Waals surface area contributed by atoms with Crippen LogP contribution in [-0.4, -0.2) is 27.7 Å². The van der Waals surface area contributed by atoms with Crippen LogP contribution in [0.2, 0.25) is 0 Å². The van der Waals surface area contributed by atoms with E-state index >= 15 is 0 Å². The van der Waals surface area contributed by atoms with Gasteiger partial charge in [-0.05, 0) is 42.3 Å². The van der Waals surface area contributed by atoms with Gasteiger partial charge in [0.1, 0.15) is 0 Å². The Morgan fingerprint density at radius 3 is 2.73 bits per heavy atom. The van der Waals surface area contributed by atoms with Gasteiger partial charge in [0.05, 0.1) is 4.90 Å². The number of carbonyl (C=O) groups is 1. The number of sulfonamides is 1. The zero-order valence-electron chi connectivity index (χ0n) is 14.3. The molecule has 8 heteroatoms. The molecule has 0 fully saturated rings. The Morgan fingerprint density at radius 1 is 1.12 bits per heavy atom. The van der Waals surface area contributed by atoms with Gasteiger partial charge in [-0.25, -0.2) is 13.1 Å². The zero-order chi connectivity index (χ0) is 18.6. The third-order valence-corrected chi connectivity index (χ3v) is 5.24. The summed E-state index contributed by atoms with van der Waals surface area (Å²) in [6, 6.07) is 11.2. The van der Waals surface area contributed by atoms with Gasteiger partial charge in [-0.1, -0.05) is 19.1 Å². The smallest absolute Gasteiger partial charge is 0.251 e. The Bertz CT molecular complexity index is 912. The minimum absolute atomic E-state index is 0.0439. The van der Waals surface area contributed by atoms with E-state index in [0.29, 0.717) is 23.6 Å². The number of fused-ring (bicyclic) bond motifs is 1. The standard InChI is InChI=1S/C18H20N2O5S/c1-2-8-19-18(21)14-4-3-5-15(10-14)26(22,23)20-11-13-6-7-16-17(9-13)25-12-24-16/h3-7,9-10,20H,2,8,11-12H2,1H3,(H,19,21). The fourth-order valence-corrected chi connectivity index (χ4v) is 3.52. The predicted molar refractivity (Wildman–Crippen MR) is 95.7 cm³/mol. The van der Waals surface area contributed by atoms with Gasteiger partial charge in [0, 0.05) is 18.7 Å². The summed E-state index contributed by atoms with van der Waals surface area (Å²) in [7, 11) is -3.75. The maximum absolute atomic E-state index is 12.5. The van der Waals surface area contributed by atoms with E-state index in [4.69, 9.17) is 9.47 Å². The molecular weight excluding hydrogens is 356 g/mol. The van der Waals surface area contributed by atoms with Gasteiger partial charge in [-0.3, -0.25) is 4.79 Å². The monoisotopic (exact) mass is 376 g/mol. The third kappa shape index (κ3) is 4.14. The highest BCUT2D eigenvalue weighted by Gasteiger charge is 2.18. The van der Waals surface area contributed by atoms with Crippen LogP contribution in [0, 0.1) is 0 Å². The lowest BCUT2D eigenvalue weighted by atomic mass is 10.2. The second-order valence-electron chi connectivity index (χ2n) is 5.80. The summed E-state index contributed by atoms with van der Waals surface area (Å²) in [4.78, 5) is 12.1. The van der Waals surface area contributed by atoms with Crippen LogP contribution < -0.4 is 19.5 Å². The summed E-state index contributed by atoms with van der Waals surface area (Å²) < 4.78 is 38.1. The van der Waals surface area contributed by atoms with Crippen molar-refractivity contribution in [1.29, 1.82) is 0 Å². The van der Waals surface area contributed by atoms with Crippen LogP contribution in [0.4, 0.5) is 0 Å². The van der Waals surface area contributed by atoms with Crippen molar-refractivity contribution in [3.8, 4) is 11.5 Å². The van der Waals surface area contributed by atoms with Crippen molar-refractivity contribution in [1.82, 2.24) is 10.0 Å². The molecule has 0 unspecified atom stereocenters. The predicted octanol–water partition coefficient (Wildman–Crippen LogP) is 2.03. The average Bonchev–Trinajstić information content (AvgIpc) is 3.12. The van der Waals surface area contributed by atoms with Gasteiger partial charge < -0.3 is 14.8 Å². The Kier molecular flexibility index (Phi) is 5.43. The van der Waals surface area contributed by atoms with Gasteiger partial charge >= 0.3 is 0 Å². The minimum atomic E-state index is -3.75. The molecule has 0 aliphatic carbocycles. The molecule has 1 amide bonds. The van der Waals surface area contributed by atoms with E-state index in [1.807, 2.05) is 6.92 Å². The number of hydrogen-bond donors (Lipinski definition) is 2. The van der Waals surface area contributed by atoms with Crippen LogP contribution in [0.25, 0.3) is 0 Å². The zero-order valence-corrected chi connectivity index (χ0v) is 15.1. The lowest BCUT2D eigenvalue weighted by molar-refractivity contribution is 0.0953. The van der Waals surface area contributed by atoms with E-state index in [1.54, 1.807) is 30.3 Å². The van der Waals surface area contributed by atoms with Crippen molar-refractivity contribution in [2.75, 3.05) is 13.3 Å². The van der Waals surface area contributed by atoms with Crippen molar-refractivity contribution in [3.63, 3.8) is 0 Å². The molecule has 26 heavy (non-hydrogen) atoms. The Morgan fingerprint density at radius 2 is 1.92 bits per heavy atom. The summed E-state index contributed by atoms with van der Waals surface area (Å²) in [5.41, 5.74) is 1.05. The summed E-state index contributed by atoms with van der Waals surface area (Å²) in [6.45, 7) is 2.75. The van der Waals surface area contributed by atoms with Crippen molar-refractivity contribution in [2.45, 2.75) is 24.8 Å². The first-order valence-corrected chi connectivity index (χ1v) is 9.74. The number of benzene rings is 2. The van der Waals surface area contributed by atoms with Gasteiger partial charge in [0.15, 0.2) is 11.5 Å². The minimum Gasteiger partial charge on any atom is -0.454 e. The normalized spacial score (nSPS) is 12.8. The van der Waals surface area contributed by atoms with Gasteiger partial charge in [0.2, 0.25) is 16.8 Å². The molecule has 0 spiro atoms. The van der Waals surface area contributed by atoms with Crippen molar-refractivity contribution in [2.24, 2.45) is 0 Å². The first-order valence-electron chi connectivity index (χ1n) is 8.26. The maximum atomic E-state index is 12.5. The van der Waals surface area contributed by atoms with E-state index < -0.39 is 10.0 Å². The highest BCUT2D eigenvalue weighted by Crippen LogP contribution is 2.32. The highest BCUT2D eigenvalue weighted by molar-refractivity contribution is 7.89. The highest BCUT2D eigenvalue weighted by atomic mass is 32.2. The van der Waals surface area contributed by atoms with Crippen LogP contribution in [0.5, 0.6) is 11.5 Å². The van der Waals surface area contributed by atoms with E-state index in [1.165, 1.54) is 12.1 Å². The first kappa shape index (κ1) is 18.2. The number of amides is 1. The number of ether oxygens (including phenoxy) is 2. The summed E-state index contributed by atoms with van der Waals surface area (Å²) in [5.74, 6) is 0.943. The molecule has 0 bridgehead atoms. The summed E-state index contributed by atoms with van der Waals surface area (Å²) in [5, 5.41) is 2.73. The second-order valence-corrected chi connectivity index (χ2v) is 7.56. The van der Waals surface area contributed by atoms with Gasteiger partial charge in [0.25, 0.3) is 5.91 Å². The van der Waals surface area contributed by atoms with Crippen LogP contribution in [0.15, 0.2) is 47.4 Å². The van der Waals surface area contributed by atoms with Crippen LogP contribution in [-0.2, 0) is 16.6 Å². The lowest BCUT2D eigenvalue weighted by Gasteiger charge is -2.09. The maximum Gasteiger partial charge on any atom is 0.251 e. The molecule has 1 aliphatic rings. The molecule has 1 aliphatic heterocycles. The summed E-state index contributed by atoms with van der Waals surface area (Å²) >= 11 is 0. The fraction of sp³-hybridized carbons (Fsp3) is 0.278. The molecule has 0 aromatic heterocycles. The van der Waals surface area contributed by atoms with E-state index in [9.17, 15) is 13.2 Å².